The lowest BCUT2D eigenvalue weighted by molar-refractivity contribution is -0.131. The molecule has 0 spiro atoms. The average Bonchev–Trinajstić information content (AvgIpc) is 2.79. The van der Waals surface area contributed by atoms with Crippen molar-refractivity contribution in [3.63, 3.8) is 0 Å². The molecule has 2 aliphatic rings. The van der Waals surface area contributed by atoms with Crippen molar-refractivity contribution >= 4 is 47.7 Å². The molecular weight excluding hydrogens is 523 g/mol. The second-order valence-corrected chi connectivity index (χ2v) is 8.03. The van der Waals surface area contributed by atoms with Crippen LogP contribution in [-0.4, -0.2) is 89.9 Å². The third-order valence-corrected chi connectivity index (χ3v) is 5.70. The number of anilines is 1. The number of piperazine rings is 1. The second-order valence-electron chi connectivity index (χ2n) is 8.03. The number of carbonyl (C=O) groups excluding carboxylic acids is 2. The summed E-state index contributed by atoms with van der Waals surface area (Å²) in [6.07, 6.45) is 6.29. The highest BCUT2D eigenvalue weighted by Crippen LogP contribution is 2.19. The largest absolute Gasteiger partial charge is 0.370 e. The van der Waals surface area contributed by atoms with Crippen LogP contribution in [0.1, 0.15) is 32.6 Å². The van der Waals surface area contributed by atoms with Gasteiger partial charge < -0.3 is 25.8 Å². The van der Waals surface area contributed by atoms with Gasteiger partial charge in [-0.2, -0.15) is 0 Å². The van der Waals surface area contributed by atoms with Crippen molar-refractivity contribution in [2.45, 2.75) is 32.6 Å². The highest BCUT2D eigenvalue weighted by atomic mass is 127. The number of amides is 2. The summed E-state index contributed by atoms with van der Waals surface area (Å²) in [6, 6.07) is 1.80. The summed E-state index contributed by atoms with van der Waals surface area (Å²) < 4.78 is 0. The van der Waals surface area contributed by atoms with Gasteiger partial charge in [-0.1, -0.05) is 0 Å². The lowest BCUT2D eigenvalue weighted by atomic mass is 9.95. The Labute approximate surface area is 207 Å². The van der Waals surface area contributed by atoms with E-state index in [9.17, 15) is 9.59 Å². The molecule has 0 radical (unpaired) electrons. The monoisotopic (exact) mass is 558 g/mol. The number of likely N-dealkylation sites (tertiary alicyclic amines) is 1. The van der Waals surface area contributed by atoms with E-state index in [0.29, 0.717) is 38.4 Å². The molecule has 1 atom stereocenters. The van der Waals surface area contributed by atoms with Crippen molar-refractivity contribution in [1.82, 2.24) is 25.1 Å². The number of halogens is 1. The maximum atomic E-state index is 12.7. The Hall–Kier alpha value is -2.18. The Morgan fingerprint density at radius 3 is 2.53 bits per heavy atom. The third kappa shape index (κ3) is 7.75. The molecule has 2 amide bonds. The molecule has 3 N–H and O–H groups in total. The van der Waals surface area contributed by atoms with Crippen LogP contribution in [-0.2, 0) is 9.59 Å². The minimum absolute atomic E-state index is 0. The van der Waals surface area contributed by atoms with Crippen LogP contribution in [0, 0.1) is 5.92 Å². The van der Waals surface area contributed by atoms with E-state index in [1.807, 2.05) is 11.8 Å². The van der Waals surface area contributed by atoms with E-state index < -0.39 is 0 Å². The fraction of sp³-hybridized carbons (Fsp3) is 0.667. The van der Waals surface area contributed by atoms with Crippen LogP contribution in [0.4, 0.5) is 5.95 Å². The molecule has 178 valence electrons. The molecule has 1 aromatic rings. The number of rotatable bonds is 7. The van der Waals surface area contributed by atoms with Gasteiger partial charge in [-0.25, -0.2) is 9.97 Å². The van der Waals surface area contributed by atoms with E-state index in [1.165, 1.54) is 0 Å². The summed E-state index contributed by atoms with van der Waals surface area (Å²) >= 11 is 0. The highest BCUT2D eigenvalue weighted by Gasteiger charge is 2.24. The smallest absolute Gasteiger partial charge is 0.225 e. The van der Waals surface area contributed by atoms with Gasteiger partial charge >= 0.3 is 0 Å². The van der Waals surface area contributed by atoms with Crippen LogP contribution in [0.25, 0.3) is 0 Å². The Kier molecular flexibility index (Phi) is 10.9. The number of guanidine groups is 1. The van der Waals surface area contributed by atoms with Crippen LogP contribution in [0.3, 0.4) is 0 Å². The molecule has 2 saturated heterocycles. The average molecular weight is 558 g/mol. The predicted octanol–water partition coefficient (Wildman–Crippen LogP) is 0.686. The van der Waals surface area contributed by atoms with E-state index in [1.54, 1.807) is 18.5 Å². The zero-order valence-corrected chi connectivity index (χ0v) is 21.1. The maximum absolute atomic E-state index is 12.7. The normalized spacial score (nSPS) is 19.3. The minimum Gasteiger partial charge on any atom is -0.370 e. The van der Waals surface area contributed by atoms with Crippen LogP contribution >= 0.6 is 24.0 Å². The number of aliphatic imine (C=N–C) groups is 1. The quantitative estimate of drug-likeness (QED) is 0.287. The van der Waals surface area contributed by atoms with Crippen molar-refractivity contribution in [3.8, 4) is 0 Å². The molecule has 32 heavy (non-hydrogen) atoms. The molecular formula is C21H35IN8O2. The van der Waals surface area contributed by atoms with Crippen molar-refractivity contribution in [1.29, 1.82) is 0 Å². The van der Waals surface area contributed by atoms with Crippen LogP contribution in [0.5, 0.6) is 0 Å². The number of hydrogen-bond donors (Lipinski definition) is 2. The Morgan fingerprint density at radius 1 is 1.16 bits per heavy atom. The molecule has 1 aromatic heterocycles. The Balaban J connectivity index is 0.00000363. The van der Waals surface area contributed by atoms with E-state index in [-0.39, 0.29) is 41.7 Å². The lowest BCUT2D eigenvalue weighted by Gasteiger charge is -2.35. The van der Waals surface area contributed by atoms with Gasteiger partial charge in [-0.3, -0.25) is 14.6 Å². The van der Waals surface area contributed by atoms with Crippen LogP contribution < -0.4 is 16.0 Å². The molecule has 11 heteroatoms. The van der Waals surface area contributed by atoms with E-state index in [0.717, 1.165) is 51.5 Å². The first kappa shape index (κ1) is 26.1. The molecule has 3 rings (SSSR count). The van der Waals surface area contributed by atoms with Gasteiger partial charge in [0.05, 0.1) is 6.54 Å². The second kappa shape index (κ2) is 13.4. The lowest BCUT2D eigenvalue weighted by Crippen LogP contribution is -2.49. The van der Waals surface area contributed by atoms with Crippen molar-refractivity contribution in [2.24, 2.45) is 16.6 Å². The number of nitrogens with zero attached hydrogens (tertiary/aromatic N) is 6. The summed E-state index contributed by atoms with van der Waals surface area (Å²) in [6.45, 7) is 7.71. The number of hydrogen-bond acceptors (Lipinski definition) is 6. The molecule has 1 unspecified atom stereocenters. The van der Waals surface area contributed by atoms with E-state index in [2.05, 4.69) is 30.1 Å². The van der Waals surface area contributed by atoms with Gasteiger partial charge in [-0.15, -0.1) is 24.0 Å². The fourth-order valence-electron chi connectivity index (χ4n) is 4.16. The van der Waals surface area contributed by atoms with Crippen LogP contribution in [0.2, 0.25) is 0 Å². The summed E-state index contributed by atoms with van der Waals surface area (Å²) in [7, 11) is 0. The standard InChI is InChI=1S/C21H34N8O2.HI/c1-2-23-20(29-10-3-5-17(16-29)15-18(22)30)26-9-6-19(31)27-11-13-28(14-12-27)21-24-7-4-8-25-21;/h4,7-8,17H,2-3,5-6,9-16H2,1H3,(H2,22,30)(H,23,26);1H. The van der Waals surface area contributed by atoms with E-state index in [4.69, 9.17) is 5.73 Å². The first-order chi connectivity index (χ1) is 15.1. The van der Waals surface area contributed by atoms with Crippen molar-refractivity contribution in [2.75, 3.05) is 57.3 Å². The molecule has 2 fully saturated rings. The van der Waals surface area contributed by atoms with Gasteiger partial charge in [-0.05, 0) is 31.7 Å². The molecule has 0 aromatic carbocycles. The SMILES string of the molecule is CCNC(=NCCC(=O)N1CCN(c2ncccn2)CC1)N1CCCC(CC(N)=O)C1.I. The number of piperidine rings is 1. The predicted molar refractivity (Wildman–Crippen MR) is 135 cm³/mol. The summed E-state index contributed by atoms with van der Waals surface area (Å²) in [5, 5.41) is 3.32. The van der Waals surface area contributed by atoms with Gasteiger partial charge in [0, 0.05) is 71.0 Å². The highest BCUT2D eigenvalue weighted by molar-refractivity contribution is 14.0. The third-order valence-electron chi connectivity index (χ3n) is 5.70. The maximum Gasteiger partial charge on any atom is 0.225 e. The topological polar surface area (TPSA) is 120 Å². The first-order valence-corrected chi connectivity index (χ1v) is 11.2. The first-order valence-electron chi connectivity index (χ1n) is 11.2. The zero-order chi connectivity index (χ0) is 22.1. The number of nitrogens with two attached hydrogens (primary N) is 1. The molecule has 10 nitrogen and oxygen atoms in total. The molecule has 0 saturated carbocycles. The molecule has 0 aliphatic carbocycles. The van der Waals surface area contributed by atoms with Gasteiger partial charge in [0.25, 0.3) is 0 Å². The number of carbonyl (C=O) groups is 2. The summed E-state index contributed by atoms with van der Waals surface area (Å²) in [4.78, 5) is 43.4. The Bertz CT molecular complexity index is 755. The van der Waals surface area contributed by atoms with E-state index >= 15 is 0 Å². The number of primary amides is 1. The minimum atomic E-state index is -0.252. The Morgan fingerprint density at radius 2 is 1.88 bits per heavy atom. The summed E-state index contributed by atoms with van der Waals surface area (Å²) in [5.74, 6) is 1.67. The fourth-order valence-corrected chi connectivity index (χ4v) is 4.16. The number of nitrogens with one attached hydrogen (secondary N) is 1. The van der Waals surface area contributed by atoms with Gasteiger partial charge in [0.1, 0.15) is 0 Å². The van der Waals surface area contributed by atoms with Crippen molar-refractivity contribution in [3.05, 3.63) is 18.5 Å². The zero-order valence-electron chi connectivity index (χ0n) is 18.8. The van der Waals surface area contributed by atoms with Crippen LogP contribution in [0.15, 0.2) is 23.5 Å². The molecule has 0 bridgehead atoms. The van der Waals surface area contributed by atoms with Crippen molar-refractivity contribution < 1.29 is 9.59 Å². The number of aromatic nitrogens is 2. The molecule has 2 aliphatic heterocycles. The summed E-state index contributed by atoms with van der Waals surface area (Å²) in [5.41, 5.74) is 5.37. The van der Waals surface area contributed by atoms with Gasteiger partial charge in [0.2, 0.25) is 17.8 Å². The van der Waals surface area contributed by atoms with Gasteiger partial charge in [0.15, 0.2) is 5.96 Å². The molecule has 3 heterocycles.